The number of hydrogen-bond donors (Lipinski definition) is 1. The molecule has 0 spiro atoms. The first-order valence-corrected chi connectivity index (χ1v) is 13.7. The van der Waals surface area contributed by atoms with Gasteiger partial charge in [-0.05, 0) is 49.0 Å². The Balaban J connectivity index is 1.09. The minimum absolute atomic E-state index is 0.00705. The van der Waals surface area contributed by atoms with Crippen LogP contribution >= 0.6 is 0 Å². The van der Waals surface area contributed by atoms with E-state index in [2.05, 4.69) is 40.2 Å². The number of hydrogen-bond acceptors (Lipinski definition) is 4. The third-order valence-electron chi connectivity index (χ3n) is 7.11. The zero-order chi connectivity index (χ0) is 23.5. The lowest BCUT2D eigenvalue weighted by Crippen LogP contribution is -2.53. The average molecular weight is 481 g/mol. The Morgan fingerprint density at radius 1 is 0.882 bits per heavy atom. The van der Waals surface area contributed by atoms with Crippen molar-refractivity contribution in [1.29, 1.82) is 0 Å². The summed E-state index contributed by atoms with van der Waals surface area (Å²) in [6, 6.07) is 19.9. The summed E-state index contributed by atoms with van der Waals surface area (Å²) in [5.74, 6) is 0.605. The van der Waals surface area contributed by atoms with E-state index in [1.165, 1.54) is 20.9 Å². The highest BCUT2D eigenvalue weighted by Crippen LogP contribution is 2.30. The van der Waals surface area contributed by atoms with Crippen molar-refractivity contribution in [2.24, 2.45) is 0 Å². The lowest BCUT2D eigenvalue weighted by Gasteiger charge is -2.36. The second-order valence-corrected chi connectivity index (χ2v) is 11.4. The van der Waals surface area contributed by atoms with Gasteiger partial charge >= 0.3 is 0 Å². The molecule has 2 aromatic carbocycles. The van der Waals surface area contributed by atoms with Crippen LogP contribution in [0.5, 0.6) is 0 Å². The maximum Gasteiger partial charge on any atom is 0.236 e. The summed E-state index contributed by atoms with van der Waals surface area (Å²) in [6.07, 6.45) is 2.07. The molecule has 1 amide bonds. The fourth-order valence-electron chi connectivity index (χ4n) is 5.10. The van der Waals surface area contributed by atoms with Gasteiger partial charge in [-0.1, -0.05) is 48.5 Å². The molecule has 3 aromatic rings. The summed E-state index contributed by atoms with van der Waals surface area (Å²) in [7, 11) is -3.37. The van der Waals surface area contributed by atoms with Crippen molar-refractivity contribution in [3.8, 4) is 0 Å². The van der Waals surface area contributed by atoms with E-state index >= 15 is 0 Å². The number of H-pyrrole nitrogens is 1. The fourth-order valence-corrected chi connectivity index (χ4v) is 6.62. The Hall–Kier alpha value is -2.68. The van der Waals surface area contributed by atoms with Crippen LogP contribution in [0.1, 0.15) is 30.0 Å². The Morgan fingerprint density at radius 2 is 1.56 bits per heavy atom. The highest BCUT2D eigenvalue weighted by molar-refractivity contribution is 7.88. The van der Waals surface area contributed by atoms with Crippen molar-refractivity contribution in [3.63, 3.8) is 0 Å². The van der Waals surface area contributed by atoms with E-state index in [1.807, 2.05) is 35.2 Å². The van der Waals surface area contributed by atoms with E-state index in [4.69, 9.17) is 0 Å². The minimum atomic E-state index is -3.37. The number of sulfonamides is 1. The topological polar surface area (TPSA) is 76.7 Å². The van der Waals surface area contributed by atoms with Crippen molar-refractivity contribution in [2.45, 2.75) is 24.5 Å². The fraction of sp³-hybridized carbons (Fsp3) is 0.423. The molecule has 2 aliphatic rings. The van der Waals surface area contributed by atoms with Crippen LogP contribution in [0, 0.1) is 0 Å². The number of amides is 1. The molecule has 2 aliphatic heterocycles. The zero-order valence-corrected chi connectivity index (χ0v) is 20.2. The number of piperazine rings is 1. The molecule has 1 N–H and O–H groups in total. The summed E-state index contributed by atoms with van der Waals surface area (Å²) in [5.41, 5.74) is 3.26. The monoisotopic (exact) mass is 480 g/mol. The lowest BCUT2D eigenvalue weighted by atomic mass is 9.93. The molecule has 8 heteroatoms. The number of carbonyl (C=O) groups is 1. The van der Waals surface area contributed by atoms with Crippen LogP contribution in [-0.4, -0.2) is 79.2 Å². The predicted octanol–water partition coefficient (Wildman–Crippen LogP) is 3.02. The van der Waals surface area contributed by atoms with Gasteiger partial charge in [0.15, 0.2) is 0 Å². The molecule has 7 nitrogen and oxygen atoms in total. The number of aromatic amines is 1. The Labute approximate surface area is 201 Å². The summed E-state index contributed by atoms with van der Waals surface area (Å²) in [6.45, 7) is 3.86. The average Bonchev–Trinajstić information content (AvgIpc) is 3.29. The van der Waals surface area contributed by atoms with Crippen molar-refractivity contribution < 1.29 is 13.2 Å². The first kappa shape index (κ1) is 23.1. The number of nitrogens with one attached hydrogen (secondary N) is 1. The van der Waals surface area contributed by atoms with Gasteiger partial charge in [0, 0.05) is 43.3 Å². The van der Waals surface area contributed by atoms with Gasteiger partial charge < -0.3 is 9.88 Å². The van der Waals surface area contributed by atoms with Gasteiger partial charge in [-0.25, -0.2) is 8.42 Å². The lowest BCUT2D eigenvalue weighted by molar-refractivity contribution is -0.133. The molecule has 0 saturated carbocycles. The molecule has 3 heterocycles. The van der Waals surface area contributed by atoms with E-state index in [1.54, 1.807) is 0 Å². The molecule has 0 radical (unpaired) electrons. The number of carbonyl (C=O) groups excluding carboxylic acids is 1. The van der Waals surface area contributed by atoms with E-state index in [9.17, 15) is 13.2 Å². The second-order valence-electron chi connectivity index (χ2n) is 9.38. The summed E-state index contributed by atoms with van der Waals surface area (Å²) in [5, 5.41) is 1.25. The van der Waals surface area contributed by atoms with Crippen LogP contribution in [-0.2, 0) is 20.6 Å². The van der Waals surface area contributed by atoms with Crippen LogP contribution in [0.3, 0.4) is 0 Å². The van der Waals surface area contributed by atoms with Crippen molar-refractivity contribution >= 4 is 26.8 Å². The molecule has 0 aliphatic carbocycles. The van der Waals surface area contributed by atoms with Crippen molar-refractivity contribution in [3.05, 3.63) is 71.9 Å². The quantitative estimate of drug-likeness (QED) is 0.589. The standard InChI is InChI=1S/C26H32N4O3S/c31-26(29-14-16-30(17-15-29)34(32,33)20-21-6-2-1-3-7-21)19-28-12-10-22(11-13-28)25-18-23-8-4-5-9-24(23)27-25/h1-9,18,22,27H,10-17,19-20H2. The van der Waals surface area contributed by atoms with Crippen molar-refractivity contribution in [2.75, 3.05) is 45.8 Å². The Bertz CT molecular complexity index is 1190. The highest BCUT2D eigenvalue weighted by atomic mass is 32.2. The number of fused-ring (bicyclic) bond motifs is 1. The van der Waals surface area contributed by atoms with E-state index < -0.39 is 10.0 Å². The molecule has 2 fully saturated rings. The molecule has 0 atom stereocenters. The molecule has 34 heavy (non-hydrogen) atoms. The van der Waals surface area contributed by atoms with Crippen LogP contribution < -0.4 is 0 Å². The zero-order valence-electron chi connectivity index (χ0n) is 19.4. The Kier molecular flexibility index (Phi) is 6.72. The third kappa shape index (κ3) is 5.19. The largest absolute Gasteiger partial charge is 0.358 e. The normalized spacial score (nSPS) is 19.0. The number of aromatic nitrogens is 1. The molecule has 180 valence electrons. The maximum absolute atomic E-state index is 12.9. The number of benzene rings is 2. The summed E-state index contributed by atoms with van der Waals surface area (Å²) >= 11 is 0. The number of nitrogens with zero attached hydrogens (tertiary/aromatic N) is 3. The second kappa shape index (κ2) is 9.90. The molecule has 0 unspecified atom stereocenters. The molecular formula is C26H32N4O3S. The van der Waals surface area contributed by atoms with Gasteiger partial charge in [-0.2, -0.15) is 4.31 Å². The van der Waals surface area contributed by atoms with Crippen LogP contribution in [0.25, 0.3) is 10.9 Å². The van der Waals surface area contributed by atoms with E-state index in [-0.39, 0.29) is 11.7 Å². The van der Waals surface area contributed by atoms with Gasteiger partial charge in [0.1, 0.15) is 0 Å². The van der Waals surface area contributed by atoms with Crippen LogP contribution in [0.4, 0.5) is 0 Å². The summed E-state index contributed by atoms with van der Waals surface area (Å²) < 4.78 is 27.1. The minimum Gasteiger partial charge on any atom is -0.358 e. The smallest absolute Gasteiger partial charge is 0.236 e. The number of para-hydroxylation sites is 1. The number of likely N-dealkylation sites (tertiary alicyclic amines) is 1. The summed E-state index contributed by atoms with van der Waals surface area (Å²) in [4.78, 5) is 20.5. The Morgan fingerprint density at radius 3 is 2.26 bits per heavy atom. The molecule has 0 bridgehead atoms. The molecule has 1 aromatic heterocycles. The maximum atomic E-state index is 12.9. The first-order valence-electron chi connectivity index (χ1n) is 12.1. The van der Waals surface area contributed by atoms with Crippen molar-refractivity contribution in [1.82, 2.24) is 19.1 Å². The van der Waals surface area contributed by atoms with Gasteiger partial charge in [-0.3, -0.25) is 9.69 Å². The highest BCUT2D eigenvalue weighted by Gasteiger charge is 2.30. The van der Waals surface area contributed by atoms with Gasteiger partial charge in [0.2, 0.25) is 15.9 Å². The molecular weight excluding hydrogens is 448 g/mol. The van der Waals surface area contributed by atoms with Gasteiger partial charge in [-0.15, -0.1) is 0 Å². The van der Waals surface area contributed by atoms with Crippen LogP contribution in [0.2, 0.25) is 0 Å². The number of rotatable bonds is 6. The third-order valence-corrected chi connectivity index (χ3v) is 8.96. The van der Waals surface area contributed by atoms with E-state index in [0.717, 1.165) is 31.5 Å². The predicted molar refractivity (Wildman–Crippen MR) is 134 cm³/mol. The number of piperidine rings is 1. The molecule has 2 saturated heterocycles. The molecule has 5 rings (SSSR count). The SMILES string of the molecule is O=C(CN1CCC(c2cc3ccccc3[nH]2)CC1)N1CCN(S(=O)(=O)Cc2ccccc2)CC1. The van der Waals surface area contributed by atoms with Crippen LogP contribution in [0.15, 0.2) is 60.7 Å². The van der Waals surface area contributed by atoms with Gasteiger partial charge in [0.05, 0.1) is 12.3 Å². The van der Waals surface area contributed by atoms with Gasteiger partial charge in [0.25, 0.3) is 0 Å². The van der Waals surface area contributed by atoms with E-state index in [0.29, 0.717) is 38.6 Å². The first-order chi connectivity index (χ1) is 16.5.